The second-order valence-electron chi connectivity index (χ2n) is 3.82. The van der Waals surface area contributed by atoms with Crippen LogP contribution in [0.25, 0.3) is 0 Å². The van der Waals surface area contributed by atoms with Crippen molar-refractivity contribution in [1.82, 2.24) is 0 Å². The number of hydrogen-bond acceptors (Lipinski definition) is 0. The van der Waals surface area contributed by atoms with E-state index in [9.17, 15) is 0 Å². The van der Waals surface area contributed by atoms with Crippen molar-refractivity contribution in [2.24, 2.45) is 11.8 Å². The van der Waals surface area contributed by atoms with Crippen LogP contribution in [-0.4, -0.2) is 15.0 Å². The van der Waals surface area contributed by atoms with Crippen molar-refractivity contribution in [3.8, 4) is 0 Å². The summed E-state index contributed by atoms with van der Waals surface area (Å²) in [4.78, 5) is 0. The molecule has 0 aromatic carbocycles. The molecule has 0 spiro atoms. The quantitative estimate of drug-likeness (QED) is 0.644. The first-order valence-electron chi connectivity index (χ1n) is 4.14. The van der Waals surface area contributed by atoms with Gasteiger partial charge in [-0.05, 0) is 0 Å². The van der Waals surface area contributed by atoms with Gasteiger partial charge in [0, 0.05) is 0 Å². The Morgan fingerprint density at radius 1 is 1.00 bits per heavy atom. The summed E-state index contributed by atoms with van der Waals surface area (Å²) in [6.07, 6.45) is 5.32. The van der Waals surface area contributed by atoms with Crippen molar-refractivity contribution in [2.45, 2.75) is 29.6 Å². The number of halogens is 3. The molecule has 2 rings (SSSR count). The summed E-state index contributed by atoms with van der Waals surface area (Å²) in [5.41, 5.74) is 0. The maximum atomic E-state index is 6.07. The van der Waals surface area contributed by atoms with Gasteiger partial charge in [0.25, 0.3) is 0 Å². The normalized spacial score (nSPS) is 43.4. The van der Waals surface area contributed by atoms with Crippen molar-refractivity contribution in [3.63, 3.8) is 0 Å². The van der Waals surface area contributed by atoms with E-state index in [4.69, 9.17) is 26.8 Å². The van der Waals surface area contributed by atoms with Crippen LogP contribution in [0.2, 0.25) is 3.93 Å². The van der Waals surface area contributed by atoms with E-state index < -0.39 is 15.0 Å². The molecule has 0 nitrogen and oxygen atoms in total. The summed E-state index contributed by atoms with van der Waals surface area (Å²) < 4.78 is 0.549. The fraction of sp³-hybridized carbons (Fsp3) is 1.00. The Balaban J connectivity index is 2.08. The fourth-order valence-corrected chi connectivity index (χ4v) is 12.1. The van der Waals surface area contributed by atoms with Crippen LogP contribution in [0, 0.1) is 11.8 Å². The molecule has 11 heavy (non-hydrogen) atoms. The molecule has 4 heteroatoms. The van der Waals surface area contributed by atoms with Gasteiger partial charge in [0.1, 0.15) is 0 Å². The van der Waals surface area contributed by atoms with Crippen LogP contribution >= 0.6 is 26.8 Å². The first kappa shape index (κ1) is 9.23. The van der Waals surface area contributed by atoms with Crippen molar-refractivity contribution in [2.75, 3.05) is 0 Å². The molecule has 2 bridgehead atoms. The topological polar surface area (TPSA) is 0 Å². The molecule has 3 atom stereocenters. The van der Waals surface area contributed by atoms with Gasteiger partial charge in [-0.15, -0.1) is 0 Å². The van der Waals surface area contributed by atoms with E-state index >= 15 is 0 Å². The Kier molecular flexibility index (Phi) is 2.61. The molecule has 0 aromatic rings. The standard InChI is InChI=1S/C7H11.3ClH.Sn/c1-2-7-4-3-6(1)5-7;;;;/h1,6-7H,2-5H2;3*1H;/q;;;;+3/p-3. The van der Waals surface area contributed by atoms with Crippen LogP contribution in [0.4, 0.5) is 0 Å². The summed E-state index contributed by atoms with van der Waals surface area (Å²) in [6.45, 7) is 0. The second kappa shape index (κ2) is 3.11. The predicted molar refractivity (Wildman–Crippen MR) is 52.5 cm³/mol. The molecule has 2 aliphatic carbocycles. The van der Waals surface area contributed by atoms with Crippen molar-refractivity contribution < 1.29 is 0 Å². The minimum atomic E-state index is -3.06. The van der Waals surface area contributed by atoms with E-state index in [2.05, 4.69) is 0 Å². The first-order chi connectivity index (χ1) is 5.07. The third-order valence-electron chi connectivity index (χ3n) is 3.16. The number of hydrogen-bond donors (Lipinski definition) is 0. The van der Waals surface area contributed by atoms with Crippen LogP contribution in [0.5, 0.6) is 0 Å². The van der Waals surface area contributed by atoms with Gasteiger partial charge in [0.15, 0.2) is 0 Å². The van der Waals surface area contributed by atoms with Gasteiger partial charge < -0.3 is 0 Å². The molecule has 0 N–H and O–H groups in total. The Bertz CT molecular complexity index is 166. The maximum absolute atomic E-state index is 6.07. The summed E-state index contributed by atoms with van der Waals surface area (Å²) in [6, 6.07) is 0. The van der Waals surface area contributed by atoms with Gasteiger partial charge in [-0.1, -0.05) is 0 Å². The van der Waals surface area contributed by atoms with E-state index in [1.807, 2.05) is 0 Å². The van der Waals surface area contributed by atoms with E-state index in [1.165, 1.54) is 25.7 Å². The third kappa shape index (κ3) is 1.79. The Morgan fingerprint density at radius 2 is 1.73 bits per heavy atom. The predicted octanol–water partition coefficient (Wildman–Crippen LogP) is 3.83. The number of fused-ring (bicyclic) bond motifs is 2. The summed E-state index contributed by atoms with van der Waals surface area (Å²) in [7, 11) is 18.2. The van der Waals surface area contributed by atoms with E-state index in [-0.39, 0.29) is 0 Å². The monoisotopic (exact) mass is 320 g/mol. The molecule has 0 aromatic heterocycles. The SMILES string of the molecule is [Cl][Sn]([Cl])([Cl])[CH]1CC2CCC1C2. The van der Waals surface area contributed by atoms with Crippen molar-refractivity contribution >= 4 is 41.8 Å². The van der Waals surface area contributed by atoms with Gasteiger partial charge in [0.2, 0.25) is 0 Å². The summed E-state index contributed by atoms with van der Waals surface area (Å²) in [5.74, 6) is 1.71. The Labute approximate surface area is 82.6 Å². The first-order valence-corrected chi connectivity index (χ1v) is 16.6. The molecule has 0 saturated heterocycles. The molecule has 2 aliphatic rings. The zero-order chi connectivity index (χ0) is 8.06. The zero-order valence-electron chi connectivity index (χ0n) is 6.19. The molecule has 0 amide bonds. The molecular formula is C7H11Cl3Sn. The van der Waals surface area contributed by atoms with Crippen LogP contribution in [0.15, 0.2) is 0 Å². The van der Waals surface area contributed by atoms with Gasteiger partial charge in [0.05, 0.1) is 0 Å². The van der Waals surface area contributed by atoms with Gasteiger partial charge >= 0.3 is 83.2 Å². The van der Waals surface area contributed by atoms with E-state index in [0.29, 0.717) is 3.93 Å². The Morgan fingerprint density at radius 3 is 2.00 bits per heavy atom. The van der Waals surface area contributed by atoms with Gasteiger partial charge in [-0.2, -0.15) is 0 Å². The molecular weight excluding hydrogens is 309 g/mol. The molecule has 0 aliphatic heterocycles. The average Bonchev–Trinajstić information content (AvgIpc) is 2.42. The molecule has 0 radical (unpaired) electrons. The molecule has 0 heterocycles. The molecule has 64 valence electrons. The fourth-order valence-electron chi connectivity index (χ4n) is 2.65. The van der Waals surface area contributed by atoms with Crippen LogP contribution in [-0.2, 0) is 0 Å². The molecule has 2 fully saturated rings. The van der Waals surface area contributed by atoms with E-state index in [0.717, 1.165) is 11.8 Å². The van der Waals surface area contributed by atoms with Gasteiger partial charge in [-0.3, -0.25) is 0 Å². The summed E-state index contributed by atoms with van der Waals surface area (Å²) >= 11 is -3.06. The molecule has 3 unspecified atom stereocenters. The zero-order valence-corrected chi connectivity index (χ0v) is 11.3. The van der Waals surface area contributed by atoms with Gasteiger partial charge in [-0.25, -0.2) is 0 Å². The van der Waals surface area contributed by atoms with Crippen molar-refractivity contribution in [3.05, 3.63) is 0 Å². The van der Waals surface area contributed by atoms with Crippen molar-refractivity contribution in [1.29, 1.82) is 0 Å². The van der Waals surface area contributed by atoms with Crippen LogP contribution in [0.3, 0.4) is 0 Å². The number of rotatable bonds is 1. The third-order valence-corrected chi connectivity index (χ3v) is 13.2. The second-order valence-corrected chi connectivity index (χ2v) is 24.9. The van der Waals surface area contributed by atoms with E-state index in [1.54, 1.807) is 0 Å². The average molecular weight is 320 g/mol. The minimum absolute atomic E-state index is 0.549. The van der Waals surface area contributed by atoms with Crippen LogP contribution < -0.4 is 0 Å². The Hall–Kier alpha value is 1.67. The van der Waals surface area contributed by atoms with Crippen LogP contribution in [0.1, 0.15) is 25.7 Å². The molecule has 2 saturated carbocycles. The summed E-state index contributed by atoms with van der Waals surface area (Å²) in [5, 5.41) is 0.